The lowest BCUT2D eigenvalue weighted by molar-refractivity contribution is -0.167. The monoisotopic (exact) mass is 959 g/mol. The van der Waals surface area contributed by atoms with E-state index in [1.807, 2.05) is 0 Å². The molecule has 1 unspecified atom stereocenters. The summed E-state index contributed by atoms with van der Waals surface area (Å²) in [5, 5.41) is 0. The third kappa shape index (κ3) is 55.1. The Morgan fingerprint density at radius 2 is 0.485 bits per heavy atom. The van der Waals surface area contributed by atoms with E-state index >= 15 is 0 Å². The molecule has 0 aliphatic heterocycles. The molecule has 0 fully saturated rings. The highest BCUT2D eigenvalue weighted by Crippen LogP contribution is 2.17. The van der Waals surface area contributed by atoms with E-state index in [1.54, 1.807) is 0 Å². The molecule has 0 amide bonds. The summed E-state index contributed by atoms with van der Waals surface area (Å²) in [7, 11) is 0. The molecule has 0 rings (SSSR count). The number of carbonyl (C=O) groups is 3. The zero-order valence-corrected chi connectivity index (χ0v) is 46.2. The smallest absolute Gasteiger partial charge is 0.306 e. The van der Waals surface area contributed by atoms with Gasteiger partial charge in [0.1, 0.15) is 13.2 Å². The maximum Gasteiger partial charge on any atom is 0.306 e. The van der Waals surface area contributed by atoms with Gasteiger partial charge in [-0.15, -0.1) is 0 Å². The van der Waals surface area contributed by atoms with E-state index in [-0.39, 0.29) is 31.1 Å². The summed E-state index contributed by atoms with van der Waals surface area (Å²) in [4.78, 5) is 38.2. The molecule has 1 atom stereocenters. The molecule has 0 N–H and O–H groups in total. The van der Waals surface area contributed by atoms with Crippen molar-refractivity contribution in [1.29, 1.82) is 0 Å². The molecule has 0 aliphatic carbocycles. The van der Waals surface area contributed by atoms with E-state index in [0.29, 0.717) is 19.3 Å². The lowest BCUT2D eigenvalue weighted by Gasteiger charge is -2.18. The molecule has 6 nitrogen and oxygen atoms in total. The van der Waals surface area contributed by atoms with Crippen LogP contribution in [0.5, 0.6) is 0 Å². The van der Waals surface area contributed by atoms with Gasteiger partial charge in [0, 0.05) is 19.3 Å². The van der Waals surface area contributed by atoms with Crippen LogP contribution in [0.1, 0.15) is 348 Å². The van der Waals surface area contributed by atoms with Gasteiger partial charge in [-0.05, 0) is 44.9 Å². The molecule has 0 bridgehead atoms. The molecule has 0 aromatic rings. The quantitative estimate of drug-likeness (QED) is 0.0262. The van der Waals surface area contributed by atoms with E-state index < -0.39 is 6.10 Å². The Morgan fingerprint density at radius 1 is 0.279 bits per heavy atom. The minimum atomic E-state index is -0.765. The fourth-order valence-corrected chi connectivity index (χ4v) is 9.38. The molecule has 0 aromatic heterocycles. The number of hydrogen-bond donors (Lipinski definition) is 0. The van der Waals surface area contributed by atoms with E-state index in [1.165, 1.54) is 250 Å². The van der Waals surface area contributed by atoms with Crippen molar-refractivity contribution in [3.8, 4) is 0 Å². The molecular weight excluding hydrogens is 841 g/mol. The third-order valence-corrected chi connectivity index (χ3v) is 14.0. The first-order valence-corrected chi connectivity index (χ1v) is 30.7. The maximum absolute atomic E-state index is 12.9. The number of rotatable bonds is 57. The standard InChI is InChI=1S/C62H118O6/c1-4-7-10-13-16-19-22-25-28-29-30-31-32-33-35-37-40-43-46-49-52-55-61(64)67-58-59(57-66-60(63)54-51-48-45-42-39-36-27-24-21-18-15-12-9-6-3)68-62(65)56-53-50-47-44-41-38-34-26-23-20-17-14-11-8-5-2/h29-30,59H,4-28,31-58H2,1-3H3/b30-29-. The van der Waals surface area contributed by atoms with Crippen molar-refractivity contribution in [2.75, 3.05) is 13.2 Å². The van der Waals surface area contributed by atoms with E-state index in [9.17, 15) is 14.4 Å². The van der Waals surface area contributed by atoms with Crippen molar-refractivity contribution in [3.05, 3.63) is 12.2 Å². The summed E-state index contributed by atoms with van der Waals surface area (Å²) in [5.74, 6) is -0.838. The molecule has 68 heavy (non-hydrogen) atoms. The Kier molecular flexibility index (Phi) is 56.2. The Balaban J connectivity index is 4.27. The molecule has 0 aromatic carbocycles. The van der Waals surface area contributed by atoms with Gasteiger partial charge in [-0.3, -0.25) is 14.4 Å². The highest BCUT2D eigenvalue weighted by Gasteiger charge is 2.19. The van der Waals surface area contributed by atoms with Crippen molar-refractivity contribution in [2.45, 2.75) is 354 Å². The largest absolute Gasteiger partial charge is 0.462 e. The van der Waals surface area contributed by atoms with Crippen LogP contribution in [-0.2, 0) is 28.6 Å². The van der Waals surface area contributed by atoms with Crippen LogP contribution in [0.25, 0.3) is 0 Å². The second-order valence-corrected chi connectivity index (χ2v) is 21.0. The highest BCUT2D eigenvalue weighted by molar-refractivity contribution is 5.71. The van der Waals surface area contributed by atoms with Crippen LogP contribution in [0.2, 0.25) is 0 Å². The maximum atomic E-state index is 12.9. The van der Waals surface area contributed by atoms with Crippen LogP contribution >= 0.6 is 0 Å². The number of allylic oxidation sites excluding steroid dienone is 2. The summed E-state index contributed by atoms with van der Waals surface area (Å²) in [6.45, 7) is 6.70. The van der Waals surface area contributed by atoms with Crippen molar-refractivity contribution in [1.82, 2.24) is 0 Å². The van der Waals surface area contributed by atoms with E-state index in [2.05, 4.69) is 32.9 Å². The molecule has 402 valence electrons. The van der Waals surface area contributed by atoms with Crippen LogP contribution in [-0.4, -0.2) is 37.2 Å². The van der Waals surface area contributed by atoms with E-state index in [0.717, 1.165) is 57.8 Å². The van der Waals surface area contributed by atoms with Crippen LogP contribution in [0.15, 0.2) is 12.2 Å². The minimum absolute atomic E-state index is 0.0641. The Labute approximate surface area is 424 Å². The Morgan fingerprint density at radius 3 is 0.735 bits per heavy atom. The lowest BCUT2D eigenvalue weighted by atomic mass is 10.0. The number of unbranched alkanes of at least 4 members (excludes halogenated alkanes) is 44. The second kappa shape index (κ2) is 57.7. The van der Waals surface area contributed by atoms with Gasteiger partial charge in [0.25, 0.3) is 0 Å². The lowest BCUT2D eigenvalue weighted by Crippen LogP contribution is -2.30. The first-order valence-electron chi connectivity index (χ1n) is 30.7. The molecule has 6 heteroatoms. The number of esters is 3. The van der Waals surface area contributed by atoms with Gasteiger partial charge in [-0.2, -0.15) is 0 Å². The van der Waals surface area contributed by atoms with Crippen molar-refractivity contribution in [3.63, 3.8) is 0 Å². The fourth-order valence-electron chi connectivity index (χ4n) is 9.38. The molecule has 0 heterocycles. The van der Waals surface area contributed by atoms with Gasteiger partial charge in [-0.25, -0.2) is 0 Å². The fraction of sp³-hybridized carbons (Fsp3) is 0.919. The normalized spacial score (nSPS) is 12.0. The first-order chi connectivity index (χ1) is 33.5. The Hall–Kier alpha value is -1.85. The predicted molar refractivity (Wildman–Crippen MR) is 293 cm³/mol. The summed E-state index contributed by atoms with van der Waals surface area (Å²) < 4.78 is 16.9. The van der Waals surface area contributed by atoms with Crippen LogP contribution in [0.4, 0.5) is 0 Å². The summed E-state index contributed by atoms with van der Waals surface area (Å²) in [6, 6.07) is 0. The molecule has 0 aliphatic rings. The van der Waals surface area contributed by atoms with Gasteiger partial charge in [0.05, 0.1) is 0 Å². The van der Waals surface area contributed by atoms with Gasteiger partial charge in [0.2, 0.25) is 0 Å². The van der Waals surface area contributed by atoms with Crippen LogP contribution < -0.4 is 0 Å². The predicted octanol–water partition coefficient (Wildman–Crippen LogP) is 20.5. The summed E-state index contributed by atoms with van der Waals surface area (Å²) >= 11 is 0. The average Bonchev–Trinajstić information content (AvgIpc) is 3.34. The third-order valence-electron chi connectivity index (χ3n) is 14.0. The van der Waals surface area contributed by atoms with Gasteiger partial charge < -0.3 is 14.2 Å². The number of hydrogen-bond acceptors (Lipinski definition) is 6. The first kappa shape index (κ1) is 66.2. The molecule has 0 spiro atoms. The van der Waals surface area contributed by atoms with Crippen molar-refractivity contribution in [2.24, 2.45) is 0 Å². The Bertz CT molecular complexity index is 1060. The zero-order valence-electron chi connectivity index (χ0n) is 46.2. The van der Waals surface area contributed by atoms with Gasteiger partial charge in [0.15, 0.2) is 6.10 Å². The molecule has 0 saturated carbocycles. The molecular formula is C62H118O6. The SMILES string of the molecule is CCCCCCCCCC/C=C\CCCCCCCCCCCC(=O)OCC(COC(=O)CCCCCCCCCCCCCCCC)OC(=O)CCCCCCCCCCCCCCCCC. The van der Waals surface area contributed by atoms with E-state index in [4.69, 9.17) is 14.2 Å². The van der Waals surface area contributed by atoms with Crippen LogP contribution in [0, 0.1) is 0 Å². The highest BCUT2D eigenvalue weighted by atomic mass is 16.6. The topological polar surface area (TPSA) is 78.9 Å². The number of carbonyl (C=O) groups excluding carboxylic acids is 3. The summed E-state index contributed by atoms with van der Waals surface area (Å²) in [5.41, 5.74) is 0. The van der Waals surface area contributed by atoms with Gasteiger partial charge >= 0.3 is 17.9 Å². The summed E-state index contributed by atoms with van der Waals surface area (Å²) in [6.07, 6.45) is 66.3. The number of ether oxygens (including phenoxy) is 3. The van der Waals surface area contributed by atoms with Crippen LogP contribution in [0.3, 0.4) is 0 Å². The molecule has 0 saturated heterocycles. The van der Waals surface area contributed by atoms with Crippen molar-refractivity contribution < 1.29 is 28.6 Å². The van der Waals surface area contributed by atoms with Gasteiger partial charge in [-0.1, -0.05) is 296 Å². The van der Waals surface area contributed by atoms with Crippen molar-refractivity contribution >= 4 is 17.9 Å². The average molecular weight is 960 g/mol. The molecule has 0 radical (unpaired) electrons. The second-order valence-electron chi connectivity index (χ2n) is 21.0. The minimum Gasteiger partial charge on any atom is -0.462 e. The zero-order chi connectivity index (χ0) is 49.3.